The van der Waals surface area contributed by atoms with Gasteiger partial charge in [-0.1, -0.05) is 0 Å². The fourth-order valence-corrected chi connectivity index (χ4v) is 6.23. The van der Waals surface area contributed by atoms with Crippen LogP contribution < -0.4 is 10.2 Å². The number of thioether (sulfide) groups is 1. The average Bonchev–Trinajstić information content (AvgIpc) is 2.95. The van der Waals surface area contributed by atoms with E-state index in [1.165, 1.54) is 0 Å². The number of rotatable bonds is 11. The predicted octanol–water partition coefficient (Wildman–Crippen LogP) is 5.83. The summed E-state index contributed by atoms with van der Waals surface area (Å²) in [6.07, 6.45) is 4.15. The van der Waals surface area contributed by atoms with Gasteiger partial charge in [-0.25, -0.2) is 23.0 Å². The number of hydrogen-bond acceptors (Lipinski definition) is 6. The molecule has 1 aliphatic rings. The SMILES string of the molecule is COc1ccc2ncc(CF)c(CCCC3(C(=O)NO)CCN(CCSc4cc(F)cc(F)c4F)CC3)c2c1. The number of halogens is 4. The maximum absolute atomic E-state index is 13.9. The van der Waals surface area contributed by atoms with Crippen LogP contribution in [-0.2, 0) is 17.9 Å². The highest BCUT2D eigenvalue weighted by atomic mass is 32.2. The number of piperidine rings is 1. The van der Waals surface area contributed by atoms with E-state index in [2.05, 4.69) is 9.88 Å². The quantitative estimate of drug-likeness (QED) is 0.100. The second-order valence-electron chi connectivity index (χ2n) is 9.74. The molecule has 0 atom stereocenters. The zero-order chi connectivity index (χ0) is 28.0. The summed E-state index contributed by atoms with van der Waals surface area (Å²) >= 11 is 1.04. The number of nitrogens with zero attached hydrogens (tertiary/aromatic N) is 2. The van der Waals surface area contributed by atoms with E-state index in [1.54, 1.807) is 19.4 Å². The number of fused-ring (bicyclic) bond motifs is 1. The van der Waals surface area contributed by atoms with Gasteiger partial charge in [-0.15, -0.1) is 11.8 Å². The van der Waals surface area contributed by atoms with E-state index in [0.717, 1.165) is 34.3 Å². The molecular formula is C28H31F4N3O3S. The zero-order valence-electron chi connectivity index (χ0n) is 21.6. The van der Waals surface area contributed by atoms with E-state index in [1.807, 2.05) is 17.6 Å². The molecule has 0 bridgehead atoms. The first-order chi connectivity index (χ1) is 18.8. The summed E-state index contributed by atoms with van der Waals surface area (Å²) in [5.41, 5.74) is 3.10. The highest BCUT2D eigenvalue weighted by Crippen LogP contribution is 2.38. The minimum absolute atomic E-state index is 0.0765. The van der Waals surface area contributed by atoms with Crippen molar-refractivity contribution >= 4 is 28.6 Å². The van der Waals surface area contributed by atoms with Gasteiger partial charge in [0.2, 0.25) is 5.91 Å². The molecule has 1 aromatic heterocycles. The minimum atomic E-state index is -1.21. The van der Waals surface area contributed by atoms with Gasteiger partial charge in [0.25, 0.3) is 0 Å². The van der Waals surface area contributed by atoms with E-state index >= 15 is 0 Å². The number of amides is 1. The summed E-state index contributed by atoms with van der Waals surface area (Å²) in [6, 6.07) is 6.96. The summed E-state index contributed by atoms with van der Waals surface area (Å²) in [5.74, 6) is -2.48. The van der Waals surface area contributed by atoms with Crippen LogP contribution in [0.25, 0.3) is 10.9 Å². The topological polar surface area (TPSA) is 74.7 Å². The van der Waals surface area contributed by atoms with Crippen LogP contribution >= 0.6 is 11.8 Å². The Morgan fingerprint density at radius 2 is 1.97 bits per heavy atom. The number of likely N-dealkylation sites (tertiary alicyclic amines) is 1. The maximum Gasteiger partial charge on any atom is 0.249 e. The number of hydroxylamine groups is 1. The molecular weight excluding hydrogens is 534 g/mol. The maximum atomic E-state index is 13.9. The molecule has 6 nitrogen and oxygen atoms in total. The Balaban J connectivity index is 1.38. The number of aromatic nitrogens is 1. The largest absolute Gasteiger partial charge is 0.497 e. The third-order valence-electron chi connectivity index (χ3n) is 7.52. The lowest BCUT2D eigenvalue weighted by atomic mass is 9.73. The minimum Gasteiger partial charge on any atom is -0.497 e. The van der Waals surface area contributed by atoms with Gasteiger partial charge in [0.05, 0.1) is 18.0 Å². The molecule has 3 aromatic rings. The fraction of sp³-hybridized carbons (Fsp3) is 0.429. The van der Waals surface area contributed by atoms with Gasteiger partial charge in [-0.05, 0) is 75.0 Å². The molecule has 0 unspecified atom stereocenters. The van der Waals surface area contributed by atoms with Crippen LogP contribution in [0.1, 0.15) is 36.8 Å². The second kappa shape index (κ2) is 13.0. The van der Waals surface area contributed by atoms with Crippen LogP contribution in [0.2, 0.25) is 0 Å². The van der Waals surface area contributed by atoms with Crippen molar-refractivity contribution in [2.75, 3.05) is 32.5 Å². The number of ether oxygens (including phenoxy) is 1. The number of benzene rings is 2. The van der Waals surface area contributed by atoms with Gasteiger partial charge in [-0.3, -0.25) is 15.0 Å². The first-order valence-corrected chi connectivity index (χ1v) is 13.7. The number of aryl methyl sites for hydroxylation is 1. The number of methoxy groups -OCH3 is 1. The van der Waals surface area contributed by atoms with Crippen LogP contribution in [0.3, 0.4) is 0 Å². The monoisotopic (exact) mass is 565 g/mol. The third kappa shape index (κ3) is 6.64. The summed E-state index contributed by atoms with van der Waals surface area (Å²) in [5, 5.41) is 10.3. The number of nitrogens with one attached hydrogen (secondary N) is 1. The highest BCUT2D eigenvalue weighted by Gasteiger charge is 2.40. The van der Waals surface area contributed by atoms with Crippen LogP contribution in [-0.4, -0.2) is 53.5 Å². The van der Waals surface area contributed by atoms with Gasteiger partial charge in [0.1, 0.15) is 18.2 Å². The van der Waals surface area contributed by atoms with Crippen LogP contribution in [0.4, 0.5) is 17.6 Å². The third-order valence-corrected chi connectivity index (χ3v) is 8.52. The molecule has 11 heteroatoms. The van der Waals surface area contributed by atoms with Gasteiger partial charge < -0.3 is 9.64 Å². The Kier molecular flexibility index (Phi) is 9.68. The lowest BCUT2D eigenvalue weighted by molar-refractivity contribution is -0.143. The lowest BCUT2D eigenvalue weighted by Gasteiger charge is -2.40. The number of alkyl halides is 1. The van der Waals surface area contributed by atoms with Crippen molar-refractivity contribution in [3.63, 3.8) is 0 Å². The van der Waals surface area contributed by atoms with E-state index in [0.29, 0.717) is 74.9 Å². The number of pyridine rings is 1. The van der Waals surface area contributed by atoms with Crippen molar-refractivity contribution in [3.8, 4) is 5.75 Å². The first-order valence-electron chi connectivity index (χ1n) is 12.7. The summed E-state index contributed by atoms with van der Waals surface area (Å²) in [6.45, 7) is 1.03. The molecule has 1 aliphatic heterocycles. The molecule has 2 N–H and O–H groups in total. The average molecular weight is 566 g/mol. The first kappa shape index (κ1) is 29.1. The van der Waals surface area contributed by atoms with E-state index < -0.39 is 35.4 Å². The second-order valence-corrected chi connectivity index (χ2v) is 10.9. The molecule has 2 heterocycles. The van der Waals surface area contributed by atoms with E-state index in [-0.39, 0.29) is 4.90 Å². The normalized spacial score (nSPS) is 15.4. The standard InChI is InChI=1S/C28H31F4N3O3S/c1-38-20-4-5-24-22(15-20)21(18(16-29)17-33-24)3-2-6-28(27(36)34-37)7-9-35(10-8-28)11-12-39-25-14-19(30)13-23(31)26(25)32/h4-5,13-15,17,37H,2-3,6-12,16H2,1H3,(H,34,36). The fourth-order valence-electron chi connectivity index (χ4n) is 5.24. The molecule has 0 aliphatic carbocycles. The number of carbonyl (C=O) groups excluding carboxylic acids is 1. The molecule has 0 spiro atoms. The Hall–Kier alpha value is -2.89. The van der Waals surface area contributed by atoms with E-state index in [9.17, 15) is 27.6 Å². The molecule has 1 fully saturated rings. The van der Waals surface area contributed by atoms with Gasteiger partial charge >= 0.3 is 0 Å². The number of hydrogen-bond donors (Lipinski definition) is 2. The predicted molar refractivity (Wildman–Crippen MR) is 141 cm³/mol. The number of carbonyl (C=O) groups is 1. The van der Waals surface area contributed by atoms with Gasteiger partial charge in [0.15, 0.2) is 11.6 Å². The smallest absolute Gasteiger partial charge is 0.249 e. The molecule has 0 radical (unpaired) electrons. The Morgan fingerprint density at radius 1 is 1.21 bits per heavy atom. The van der Waals surface area contributed by atoms with Gasteiger partial charge in [0, 0.05) is 40.4 Å². The van der Waals surface area contributed by atoms with Crippen LogP contribution in [0, 0.1) is 22.9 Å². The van der Waals surface area contributed by atoms with Crippen molar-refractivity contribution in [3.05, 3.63) is 65.1 Å². The van der Waals surface area contributed by atoms with Gasteiger partial charge in [-0.2, -0.15) is 0 Å². The molecule has 4 rings (SSSR count). The van der Waals surface area contributed by atoms with Crippen molar-refractivity contribution in [2.45, 2.75) is 43.7 Å². The molecule has 0 saturated carbocycles. The molecule has 210 valence electrons. The Morgan fingerprint density at radius 3 is 2.67 bits per heavy atom. The summed E-state index contributed by atoms with van der Waals surface area (Å²) < 4.78 is 60.0. The van der Waals surface area contributed by atoms with Crippen molar-refractivity contribution in [1.82, 2.24) is 15.4 Å². The molecule has 2 aromatic carbocycles. The highest BCUT2D eigenvalue weighted by molar-refractivity contribution is 7.99. The van der Waals surface area contributed by atoms with Crippen LogP contribution in [0.15, 0.2) is 41.4 Å². The molecule has 1 saturated heterocycles. The summed E-state index contributed by atoms with van der Waals surface area (Å²) in [7, 11) is 1.56. The Labute approximate surface area is 228 Å². The zero-order valence-corrected chi connectivity index (χ0v) is 22.4. The van der Waals surface area contributed by atoms with Crippen molar-refractivity contribution < 1.29 is 32.3 Å². The summed E-state index contributed by atoms with van der Waals surface area (Å²) in [4.78, 5) is 19.2. The Bertz CT molecular complexity index is 1310. The van der Waals surface area contributed by atoms with Crippen molar-refractivity contribution in [1.29, 1.82) is 0 Å². The van der Waals surface area contributed by atoms with Crippen LogP contribution in [0.5, 0.6) is 5.75 Å². The molecule has 1 amide bonds. The van der Waals surface area contributed by atoms with E-state index in [4.69, 9.17) is 4.74 Å². The molecule has 39 heavy (non-hydrogen) atoms. The lowest BCUT2D eigenvalue weighted by Crippen LogP contribution is -2.48. The van der Waals surface area contributed by atoms with Crippen molar-refractivity contribution in [2.24, 2.45) is 5.41 Å².